The van der Waals surface area contributed by atoms with Crippen molar-refractivity contribution in [2.45, 2.75) is 31.7 Å². The molecule has 1 aromatic rings. The van der Waals surface area contributed by atoms with Gasteiger partial charge in [0.05, 0.1) is 6.20 Å². The molecule has 2 unspecified atom stereocenters. The van der Waals surface area contributed by atoms with E-state index in [4.69, 9.17) is 5.73 Å². The predicted molar refractivity (Wildman–Crippen MR) is 62.6 cm³/mol. The van der Waals surface area contributed by atoms with Crippen LogP contribution in [0.5, 0.6) is 0 Å². The maximum Gasteiger partial charge on any atom is 0.141 e. The first kappa shape index (κ1) is 11.3. The monoisotopic (exact) mass is 223 g/mol. The molecule has 16 heavy (non-hydrogen) atoms. The van der Waals surface area contributed by atoms with E-state index in [2.05, 4.69) is 10.3 Å². The van der Waals surface area contributed by atoms with E-state index < -0.39 is 0 Å². The molecular weight excluding hydrogens is 205 g/mol. The van der Waals surface area contributed by atoms with Crippen LogP contribution in [0.1, 0.15) is 25.7 Å². The predicted octanol–water partition coefficient (Wildman–Crippen LogP) is 2.15. The molecule has 88 valence electrons. The second-order valence-corrected chi connectivity index (χ2v) is 4.45. The third-order valence-electron chi connectivity index (χ3n) is 3.24. The SMILES string of the molecule is NC1CCCCC1CNc1ccc(F)cn1. The number of hydrogen-bond donors (Lipinski definition) is 2. The van der Waals surface area contributed by atoms with Crippen molar-refractivity contribution >= 4 is 5.82 Å². The number of aromatic nitrogens is 1. The summed E-state index contributed by atoms with van der Waals surface area (Å²) >= 11 is 0. The van der Waals surface area contributed by atoms with Gasteiger partial charge < -0.3 is 11.1 Å². The van der Waals surface area contributed by atoms with E-state index in [1.807, 2.05) is 0 Å². The van der Waals surface area contributed by atoms with Gasteiger partial charge in [-0.3, -0.25) is 0 Å². The molecule has 1 aliphatic rings. The van der Waals surface area contributed by atoms with Gasteiger partial charge in [-0.15, -0.1) is 0 Å². The quantitative estimate of drug-likeness (QED) is 0.825. The van der Waals surface area contributed by atoms with Crippen LogP contribution in [0.4, 0.5) is 10.2 Å². The lowest BCUT2D eigenvalue weighted by atomic mass is 9.85. The topological polar surface area (TPSA) is 50.9 Å². The van der Waals surface area contributed by atoms with Crippen molar-refractivity contribution in [1.29, 1.82) is 0 Å². The fourth-order valence-electron chi connectivity index (χ4n) is 2.21. The Morgan fingerprint density at radius 2 is 2.19 bits per heavy atom. The summed E-state index contributed by atoms with van der Waals surface area (Å²) in [6, 6.07) is 3.36. The Labute approximate surface area is 95.3 Å². The molecule has 0 aromatic carbocycles. The third-order valence-corrected chi connectivity index (χ3v) is 3.24. The van der Waals surface area contributed by atoms with Crippen LogP contribution in [-0.4, -0.2) is 17.6 Å². The zero-order valence-corrected chi connectivity index (χ0v) is 9.32. The average molecular weight is 223 g/mol. The Morgan fingerprint density at radius 1 is 1.38 bits per heavy atom. The number of anilines is 1. The number of hydrogen-bond acceptors (Lipinski definition) is 3. The van der Waals surface area contributed by atoms with Crippen LogP contribution in [0.2, 0.25) is 0 Å². The number of halogens is 1. The standard InChI is InChI=1S/C12H18FN3/c13-10-5-6-12(16-8-10)15-7-9-3-1-2-4-11(9)14/h5-6,8-9,11H,1-4,7,14H2,(H,15,16). The van der Waals surface area contributed by atoms with E-state index in [1.165, 1.54) is 31.5 Å². The Kier molecular flexibility index (Phi) is 3.72. The fraction of sp³-hybridized carbons (Fsp3) is 0.583. The maximum absolute atomic E-state index is 12.6. The van der Waals surface area contributed by atoms with Gasteiger partial charge in [0, 0.05) is 12.6 Å². The smallest absolute Gasteiger partial charge is 0.141 e. The van der Waals surface area contributed by atoms with Crippen molar-refractivity contribution in [1.82, 2.24) is 4.98 Å². The molecule has 0 aliphatic heterocycles. The molecule has 2 rings (SSSR count). The molecule has 0 amide bonds. The molecule has 1 fully saturated rings. The van der Waals surface area contributed by atoms with Gasteiger partial charge in [0.25, 0.3) is 0 Å². The highest BCUT2D eigenvalue weighted by atomic mass is 19.1. The Balaban J connectivity index is 1.84. The first-order chi connectivity index (χ1) is 7.75. The maximum atomic E-state index is 12.6. The summed E-state index contributed by atoms with van der Waals surface area (Å²) in [7, 11) is 0. The van der Waals surface area contributed by atoms with Crippen LogP contribution >= 0.6 is 0 Å². The van der Waals surface area contributed by atoms with Crippen molar-refractivity contribution in [2.24, 2.45) is 11.7 Å². The van der Waals surface area contributed by atoms with Gasteiger partial charge in [0.2, 0.25) is 0 Å². The van der Waals surface area contributed by atoms with Crippen LogP contribution < -0.4 is 11.1 Å². The summed E-state index contributed by atoms with van der Waals surface area (Å²) in [6.07, 6.45) is 6.02. The molecule has 2 atom stereocenters. The first-order valence-electron chi connectivity index (χ1n) is 5.87. The Hall–Kier alpha value is -1.16. The van der Waals surface area contributed by atoms with Crippen LogP contribution in [0.15, 0.2) is 18.3 Å². The van der Waals surface area contributed by atoms with E-state index >= 15 is 0 Å². The van der Waals surface area contributed by atoms with Gasteiger partial charge in [0.15, 0.2) is 0 Å². The lowest BCUT2D eigenvalue weighted by Gasteiger charge is -2.28. The fourth-order valence-corrected chi connectivity index (χ4v) is 2.21. The van der Waals surface area contributed by atoms with Crippen molar-refractivity contribution in [3.05, 3.63) is 24.1 Å². The minimum atomic E-state index is -0.306. The molecule has 1 saturated carbocycles. The van der Waals surface area contributed by atoms with Crippen LogP contribution in [-0.2, 0) is 0 Å². The molecule has 1 heterocycles. The van der Waals surface area contributed by atoms with E-state index in [1.54, 1.807) is 6.07 Å². The molecule has 0 saturated heterocycles. The van der Waals surface area contributed by atoms with Crippen molar-refractivity contribution in [3.63, 3.8) is 0 Å². The zero-order chi connectivity index (χ0) is 11.4. The molecule has 4 heteroatoms. The normalized spacial score (nSPS) is 25.4. The molecule has 0 spiro atoms. The van der Waals surface area contributed by atoms with Crippen LogP contribution in [0, 0.1) is 11.7 Å². The van der Waals surface area contributed by atoms with E-state index in [0.717, 1.165) is 18.8 Å². The molecule has 1 aromatic heterocycles. The largest absolute Gasteiger partial charge is 0.370 e. The second kappa shape index (κ2) is 5.25. The summed E-state index contributed by atoms with van der Waals surface area (Å²) < 4.78 is 12.6. The van der Waals surface area contributed by atoms with Crippen LogP contribution in [0.25, 0.3) is 0 Å². The highest BCUT2D eigenvalue weighted by molar-refractivity contribution is 5.33. The molecule has 0 bridgehead atoms. The lowest BCUT2D eigenvalue weighted by Crippen LogP contribution is -2.37. The summed E-state index contributed by atoms with van der Waals surface area (Å²) in [6.45, 7) is 0.833. The minimum absolute atomic E-state index is 0.293. The molecule has 3 N–H and O–H groups in total. The summed E-state index contributed by atoms with van der Waals surface area (Å²) in [4.78, 5) is 3.96. The van der Waals surface area contributed by atoms with Gasteiger partial charge in [-0.05, 0) is 30.9 Å². The molecule has 0 radical (unpaired) electrons. The van der Waals surface area contributed by atoms with Crippen LogP contribution in [0.3, 0.4) is 0 Å². The highest BCUT2D eigenvalue weighted by Crippen LogP contribution is 2.23. The number of pyridine rings is 1. The van der Waals surface area contributed by atoms with Gasteiger partial charge in [-0.2, -0.15) is 0 Å². The second-order valence-electron chi connectivity index (χ2n) is 4.45. The number of rotatable bonds is 3. The number of nitrogens with zero attached hydrogens (tertiary/aromatic N) is 1. The summed E-state index contributed by atoms with van der Waals surface area (Å²) in [5, 5.41) is 3.21. The number of nitrogens with two attached hydrogens (primary N) is 1. The van der Waals surface area contributed by atoms with E-state index in [-0.39, 0.29) is 5.82 Å². The summed E-state index contributed by atoms with van der Waals surface area (Å²) in [5.41, 5.74) is 6.05. The van der Waals surface area contributed by atoms with E-state index in [0.29, 0.717) is 12.0 Å². The lowest BCUT2D eigenvalue weighted by molar-refractivity contribution is 0.321. The van der Waals surface area contributed by atoms with Gasteiger partial charge in [-0.25, -0.2) is 9.37 Å². The molecule has 3 nitrogen and oxygen atoms in total. The Bertz CT molecular complexity index is 326. The van der Waals surface area contributed by atoms with Crippen molar-refractivity contribution < 1.29 is 4.39 Å². The average Bonchev–Trinajstić information content (AvgIpc) is 2.30. The van der Waals surface area contributed by atoms with Gasteiger partial charge >= 0.3 is 0 Å². The molecular formula is C12H18FN3. The van der Waals surface area contributed by atoms with Crippen molar-refractivity contribution in [3.8, 4) is 0 Å². The zero-order valence-electron chi connectivity index (χ0n) is 9.32. The highest BCUT2D eigenvalue weighted by Gasteiger charge is 2.21. The summed E-state index contributed by atoms with van der Waals surface area (Å²) in [5.74, 6) is 0.930. The first-order valence-corrected chi connectivity index (χ1v) is 5.87. The van der Waals surface area contributed by atoms with Gasteiger partial charge in [-0.1, -0.05) is 12.8 Å². The van der Waals surface area contributed by atoms with Gasteiger partial charge in [0.1, 0.15) is 11.6 Å². The third kappa shape index (κ3) is 2.92. The Morgan fingerprint density at radius 3 is 2.88 bits per heavy atom. The number of nitrogens with one attached hydrogen (secondary N) is 1. The minimum Gasteiger partial charge on any atom is -0.370 e. The van der Waals surface area contributed by atoms with Crippen molar-refractivity contribution in [2.75, 3.05) is 11.9 Å². The molecule has 1 aliphatic carbocycles. The van der Waals surface area contributed by atoms with E-state index in [9.17, 15) is 4.39 Å².